The number of hydrogen-bond donors (Lipinski definition) is 2. The predicted octanol–water partition coefficient (Wildman–Crippen LogP) is 3.15. The molecule has 1 aromatic rings. The molecule has 1 saturated carbocycles. The first-order chi connectivity index (χ1) is 8.16. The molecule has 1 aliphatic carbocycles. The van der Waals surface area contributed by atoms with E-state index in [2.05, 4.69) is 12.2 Å². The third-order valence-corrected chi connectivity index (χ3v) is 4.00. The molecule has 2 N–H and O–H groups in total. The Hall–Kier alpha value is -0.570. The molecule has 0 bridgehead atoms. The van der Waals surface area contributed by atoms with Gasteiger partial charge in [-0.3, -0.25) is 0 Å². The molecule has 0 radical (unpaired) electrons. The minimum Gasteiger partial charge on any atom is -0.387 e. The summed E-state index contributed by atoms with van der Waals surface area (Å²) in [5, 5.41) is 14.1. The average Bonchev–Trinajstić information content (AvgIpc) is 2.24. The van der Waals surface area contributed by atoms with E-state index >= 15 is 0 Å². The fourth-order valence-electron chi connectivity index (χ4n) is 2.21. The number of hydrogen-bond acceptors (Lipinski definition) is 2. The second-order valence-corrected chi connectivity index (χ2v) is 5.39. The summed E-state index contributed by atoms with van der Waals surface area (Å²) in [6.45, 7) is 2.82. The van der Waals surface area contributed by atoms with Crippen LogP contribution in [0.2, 0.25) is 5.02 Å². The number of aliphatic hydroxyl groups excluding tert-OH is 1. The molecule has 2 rings (SSSR count). The smallest absolute Gasteiger partial charge is 0.0914 e. The van der Waals surface area contributed by atoms with Crippen LogP contribution in [0.5, 0.6) is 0 Å². The van der Waals surface area contributed by atoms with Gasteiger partial charge in [0.1, 0.15) is 0 Å². The van der Waals surface area contributed by atoms with E-state index in [4.69, 9.17) is 11.6 Å². The summed E-state index contributed by atoms with van der Waals surface area (Å²) in [6, 6.07) is 7.89. The Balaban J connectivity index is 1.80. The van der Waals surface area contributed by atoms with Crippen molar-refractivity contribution < 1.29 is 5.11 Å². The summed E-state index contributed by atoms with van der Waals surface area (Å²) in [7, 11) is 0. The number of halogens is 1. The van der Waals surface area contributed by atoms with Crippen molar-refractivity contribution in [3.8, 4) is 0 Å². The zero-order chi connectivity index (χ0) is 12.3. The quantitative estimate of drug-likeness (QED) is 0.845. The van der Waals surface area contributed by atoms with Gasteiger partial charge in [0.05, 0.1) is 6.10 Å². The van der Waals surface area contributed by atoms with Gasteiger partial charge in [0.25, 0.3) is 0 Å². The fraction of sp³-hybridized carbons (Fsp3) is 0.571. The van der Waals surface area contributed by atoms with Crippen molar-refractivity contribution in [2.75, 3.05) is 6.54 Å². The Morgan fingerprint density at radius 1 is 1.35 bits per heavy atom. The van der Waals surface area contributed by atoms with Crippen molar-refractivity contribution >= 4 is 11.6 Å². The van der Waals surface area contributed by atoms with Crippen LogP contribution in [0.3, 0.4) is 0 Å². The Morgan fingerprint density at radius 2 is 2.00 bits per heavy atom. The summed E-state index contributed by atoms with van der Waals surface area (Å²) in [5.41, 5.74) is 0.919. The first kappa shape index (κ1) is 12.9. The van der Waals surface area contributed by atoms with Gasteiger partial charge in [0.2, 0.25) is 0 Å². The van der Waals surface area contributed by atoms with Crippen LogP contribution in [0.4, 0.5) is 0 Å². The van der Waals surface area contributed by atoms with Crippen molar-refractivity contribution in [2.24, 2.45) is 5.92 Å². The molecule has 0 heterocycles. The minimum absolute atomic E-state index is 0.449. The first-order valence-electron chi connectivity index (χ1n) is 6.33. The maximum absolute atomic E-state index is 10.0. The number of benzene rings is 1. The highest BCUT2D eigenvalue weighted by Crippen LogP contribution is 2.29. The Kier molecular flexibility index (Phi) is 4.43. The zero-order valence-electron chi connectivity index (χ0n) is 10.2. The normalized spacial score (nSPS) is 19.7. The molecule has 94 valence electrons. The van der Waals surface area contributed by atoms with Crippen LogP contribution < -0.4 is 5.32 Å². The third kappa shape index (κ3) is 3.44. The van der Waals surface area contributed by atoms with Gasteiger partial charge < -0.3 is 10.4 Å². The van der Waals surface area contributed by atoms with Crippen molar-refractivity contribution in [1.82, 2.24) is 5.32 Å². The topological polar surface area (TPSA) is 32.3 Å². The number of nitrogens with one attached hydrogen (secondary N) is 1. The molecule has 0 aliphatic heterocycles. The number of rotatable bonds is 5. The van der Waals surface area contributed by atoms with E-state index in [9.17, 15) is 5.11 Å². The van der Waals surface area contributed by atoms with Crippen molar-refractivity contribution in [2.45, 2.75) is 38.3 Å². The highest BCUT2D eigenvalue weighted by molar-refractivity contribution is 6.30. The lowest BCUT2D eigenvalue weighted by Gasteiger charge is -2.32. The lowest BCUT2D eigenvalue weighted by Crippen LogP contribution is -2.39. The van der Waals surface area contributed by atoms with Crippen LogP contribution in [0.1, 0.15) is 37.9 Å². The molecule has 17 heavy (non-hydrogen) atoms. The largest absolute Gasteiger partial charge is 0.387 e. The van der Waals surface area contributed by atoms with Gasteiger partial charge in [-0.1, -0.05) is 30.2 Å². The van der Waals surface area contributed by atoms with Gasteiger partial charge in [-0.15, -0.1) is 0 Å². The molecule has 2 unspecified atom stereocenters. The summed E-state index contributed by atoms with van der Waals surface area (Å²) >= 11 is 5.81. The lowest BCUT2D eigenvalue weighted by atomic mass is 9.80. The Labute approximate surface area is 108 Å². The third-order valence-electron chi connectivity index (χ3n) is 3.74. The van der Waals surface area contributed by atoms with Crippen LogP contribution in [0.15, 0.2) is 24.3 Å². The zero-order valence-corrected chi connectivity index (χ0v) is 11.0. The molecule has 0 saturated heterocycles. The van der Waals surface area contributed by atoms with Gasteiger partial charge in [-0.05, 0) is 43.4 Å². The average molecular weight is 254 g/mol. The van der Waals surface area contributed by atoms with Crippen molar-refractivity contribution in [1.29, 1.82) is 0 Å². The maximum atomic E-state index is 10.0. The van der Waals surface area contributed by atoms with Gasteiger partial charge >= 0.3 is 0 Å². The first-order valence-corrected chi connectivity index (χ1v) is 6.71. The molecular weight excluding hydrogens is 234 g/mol. The Bertz CT molecular complexity index is 348. The molecular formula is C14H20ClNO. The molecule has 0 amide bonds. The monoisotopic (exact) mass is 253 g/mol. The van der Waals surface area contributed by atoms with Crippen LogP contribution in [0.25, 0.3) is 0 Å². The molecule has 0 spiro atoms. The van der Waals surface area contributed by atoms with Crippen LogP contribution in [0, 0.1) is 5.92 Å². The minimum atomic E-state index is -0.449. The number of aliphatic hydroxyl groups is 1. The summed E-state index contributed by atoms with van der Waals surface area (Å²) in [6.07, 6.45) is 3.56. The molecule has 2 nitrogen and oxygen atoms in total. The molecule has 2 atom stereocenters. The van der Waals surface area contributed by atoms with Crippen LogP contribution in [-0.4, -0.2) is 17.7 Å². The standard InChI is InChI=1S/C14H20ClNO/c1-10(11-3-2-4-11)16-9-14(17)12-5-7-13(15)8-6-12/h5-8,10-11,14,16-17H,2-4,9H2,1H3. The molecule has 0 aromatic heterocycles. The second-order valence-electron chi connectivity index (χ2n) is 4.96. The van der Waals surface area contributed by atoms with E-state index in [0.29, 0.717) is 17.6 Å². The van der Waals surface area contributed by atoms with E-state index in [1.54, 1.807) is 0 Å². The highest BCUT2D eigenvalue weighted by Gasteiger charge is 2.23. The van der Waals surface area contributed by atoms with Crippen LogP contribution >= 0.6 is 11.6 Å². The fourth-order valence-corrected chi connectivity index (χ4v) is 2.33. The Morgan fingerprint density at radius 3 is 2.53 bits per heavy atom. The van der Waals surface area contributed by atoms with Gasteiger partial charge in [0.15, 0.2) is 0 Å². The van der Waals surface area contributed by atoms with E-state index in [0.717, 1.165) is 11.5 Å². The molecule has 3 heteroatoms. The SMILES string of the molecule is CC(NCC(O)c1ccc(Cl)cc1)C1CCC1. The van der Waals surface area contributed by atoms with E-state index in [1.807, 2.05) is 24.3 Å². The highest BCUT2D eigenvalue weighted by atomic mass is 35.5. The van der Waals surface area contributed by atoms with Gasteiger partial charge in [-0.2, -0.15) is 0 Å². The maximum Gasteiger partial charge on any atom is 0.0914 e. The lowest BCUT2D eigenvalue weighted by molar-refractivity contribution is 0.155. The van der Waals surface area contributed by atoms with Gasteiger partial charge in [0, 0.05) is 17.6 Å². The van der Waals surface area contributed by atoms with Crippen LogP contribution in [-0.2, 0) is 0 Å². The molecule has 1 aromatic carbocycles. The summed E-state index contributed by atoms with van der Waals surface area (Å²) < 4.78 is 0. The summed E-state index contributed by atoms with van der Waals surface area (Å²) in [4.78, 5) is 0. The van der Waals surface area contributed by atoms with Crippen molar-refractivity contribution in [3.63, 3.8) is 0 Å². The second kappa shape index (κ2) is 5.85. The predicted molar refractivity (Wildman–Crippen MR) is 71.2 cm³/mol. The molecule has 1 aliphatic rings. The van der Waals surface area contributed by atoms with Gasteiger partial charge in [-0.25, -0.2) is 0 Å². The van der Waals surface area contributed by atoms with E-state index in [1.165, 1.54) is 19.3 Å². The van der Waals surface area contributed by atoms with E-state index in [-0.39, 0.29) is 0 Å². The summed E-state index contributed by atoms with van der Waals surface area (Å²) in [5.74, 6) is 0.799. The van der Waals surface area contributed by atoms with E-state index < -0.39 is 6.10 Å². The molecule has 1 fully saturated rings. The van der Waals surface area contributed by atoms with Crippen molar-refractivity contribution in [3.05, 3.63) is 34.9 Å².